The average Bonchev–Trinajstić information content (AvgIpc) is 3.26. The molecular weight excluding hydrogens is 408 g/mol. The Hall–Kier alpha value is -2.84. The highest BCUT2D eigenvalue weighted by atomic mass is 32.2. The zero-order valence-corrected chi connectivity index (χ0v) is 17.8. The SMILES string of the molecule is COc1ccccc1N(C)S(=O)(=O)c1ccc(C(=O)NCCc2cccs2)cc1. The van der Waals surface area contributed by atoms with Gasteiger partial charge in [-0.05, 0) is 54.3 Å². The van der Waals surface area contributed by atoms with Gasteiger partial charge in [0.15, 0.2) is 0 Å². The molecule has 1 amide bonds. The molecule has 0 spiro atoms. The largest absolute Gasteiger partial charge is 0.495 e. The normalized spacial score (nSPS) is 11.1. The maximum Gasteiger partial charge on any atom is 0.264 e. The molecular formula is C21H22N2O4S2. The van der Waals surface area contributed by atoms with Crippen molar-refractivity contribution in [3.8, 4) is 5.75 Å². The Labute approximate surface area is 174 Å². The first-order chi connectivity index (χ1) is 13.9. The first-order valence-electron chi connectivity index (χ1n) is 8.96. The molecule has 0 atom stereocenters. The van der Waals surface area contributed by atoms with Crippen LogP contribution in [0.25, 0.3) is 0 Å². The third-order valence-corrected chi connectivity index (χ3v) is 7.16. The van der Waals surface area contributed by atoms with Crippen LogP contribution in [0.15, 0.2) is 70.9 Å². The number of anilines is 1. The molecule has 2 aromatic carbocycles. The number of carbonyl (C=O) groups excluding carboxylic acids is 1. The molecule has 0 aliphatic heterocycles. The fourth-order valence-electron chi connectivity index (χ4n) is 2.81. The van der Waals surface area contributed by atoms with Gasteiger partial charge in [-0.25, -0.2) is 8.42 Å². The zero-order valence-electron chi connectivity index (χ0n) is 16.2. The molecule has 6 nitrogen and oxygen atoms in total. The molecule has 1 heterocycles. The zero-order chi connectivity index (χ0) is 20.9. The minimum atomic E-state index is -3.79. The van der Waals surface area contributed by atoms with E-state index in [2.05, 4.69) is 5.32 Å². The molecule has 0 aliphatic rings. The number of sulfonamides is 1. The lowest BCUT2D eigenvalue weighted by Gasteiger charge is -2.21. The predicted octanol–water partition coefficient (Wildman–Crippen LogP) is 3.55. The number of hydrogen-bond donors (Lipinski definition) is 1. The van der Waals surface area contributed by atoms with Crippen molar-refractivity contribution in [2.24, 2.45) is 0 Å². The molecule has 3 rings (SSSR count). The number of carbonyl (C=O) groups is 1. The summed E-state index contributed by atoms with van der Waals surface area (Å²) in [6.45, 7) is 0.524. The summed E-state index contributed by atoms with van der Waals surface area (Å²) in [5.41, 5.74) is 0.848. The first-order valence-corrected chi connectivity index (χ1v) is 11.3. The summed E-state index contributed by atoms with van der Waals surface area (Å²) in [6.07, 6.45) is 0.763. The van der Waals surface area contributed by atoms with Crippen molar-refractivity contribution in [3.05, 3.63) is 76.5 Å². The molecule has 0 unspecified atom stereocenters. The van der Waals surface area contributed by atoms with Crippen LogP contribution in [0.3, 0.4) is 0 Å². The number of methoxy groups -OCH3 is 1. The lowest BCUT2D eigenvalue weighted by atomic mass is 10.2. The van der Waals surface area contributed by atoms with E-state index < -0.39 is 10.0 Å². The molecule has 3 aromatic rings. The quantitative estimate of drug-likeness (QED) is 0.593. The van der Waals surface area contributed by atoms with E-state index in [1.807, 2.05) is 17.5 Å². The minimum Gasteiger partial charge on any atom is -0.495 e. The third-order valence-electron chi connectivity index (χ3n) is 4.44. The van der Waals surface area contributed by atoms with Gasteiger partial charge in [0.2, 0.25) is 0 Å². The van der Waals surface area contributed by atoms with Crippen LogP contribution in [-0.2, 0) is 16.4 Å². The van der Waals surface area contributed by atoms with E-state index in [0.717, 1.165) is 6.42 Å². The van der Waals surface area contributed by atoms with E-state index >= 15 is 0 Å². The Morgan fingerprint density at radius 2 is 1.79 bits per heavy atom. The number of rotatable bonds is 8. The predicted molar refractivity (Wildman–Crippen MR) is 115 cm³/mol. The van der Waals surface area contributed by atoms with Crippen molar-refractivity contribution in [1.82, 2.24) is 5.32 Å². The number of amides is 1. The second-order valence-corrected chi connectivity index (χ2v) is 9.26. The summed E-state index contributed by atoms with van der Waals surface area (Å²) < 4.78 is 32.3. The summed E-state index contributed by atoms with van der Waals surface area (Å²) in [4.78, 5) is 13.6. The molecule has 29 heavy (non-hydrogen) atoms. The van der Waals surface area contributed by atoms with E-state index in [0.29, 0.717) is 23.5 Å². The van der Waals surface area contributed by atoms with Crippen molar-refractivity contribution in [2.45, 2.75) is 11.3 Å². The minimum absolute atomic E-state index is 0.0982. The first kappa shape index (κ1) is 20.9. The van der Waals surface area contributed by atoms with Crippen molar-refractivity contribution < 1.29 is 17.9 Å². The molecule has 1 N–H and O–H groups in total. The van der Waals surface area contributed by atoms with Gasteiger partial charge >= 0.3 is 0 Å². The molecule has 0 fully saturated rings. The average molecular weight is 431 g/mol. The molecule has 0 saturated carbocycles. The van der Waals surface area contributed by atoms with Crippen molar-refractivity contribution in [2.75, 3.05) is 25.0 Å². The highest BCUT2D eigenvalue weighted by Crippen LogP contribution is 2.30. The second kappa shape index (κ2) is 9.11. The van der Waals surface area contributed by atoms with Gasteiger partial charge in [-0.15, -0.1) is 11.3 Å². The van der Waals surface area contributed by atoms with Gasteiger partial charge in [-0.1, -0.05) is 18.2 Å². The van der Waals surface area contributed by atoms with Gasteiger partial charge in [0.25, 0.3) is 15.9 Å². The molecule has 0 bridgehead atoms. The van der Waals surface area contributed by atoms with Gasteiger partial charge in [-0.3, -0.25) is 9.10 Å². The number of benzene rings is 2. The summed E-state index contributed by atoms with van der Waals surface area (Å²) in [5.74, 6) is 0.226. The van der Waals surface area contributed by atoms with E-state index in [9.17, 15) is 13.2 Å². The fourth-order valence-corrected chi connectivity index (χ4v) is 4.73. The third kappa shape index (κ3) is 4.78. The Morgan fingerprint density at radius 1 is 1.07 bits per heavy atom. The van der Waals surface area contributed by atoms with Crippen molar-refractivity contribution in [3.63, 3.8) is 0 Å². The number of nitrogens with one attached hydrogen (secondary N) is 1. The lowest BCUT2D eigenvalue weighted by molar-refractivity contribution is 0.0954. The molecule has 0 aliphatic carbocycles. The van der Waals surface area contributed by atoms with E-state index in [-0.39, 0.29) is 10.8 Å². The lowest BCUT2D eigenvalue weighted by Crippen LogP contribution is -2.27. The topological polar surface area (TPSA) is 75.7 Å². The summed E-state index contributed by atoms with van der Waals surface area (Å²) in [7, 11) is -0.829. The molecule has 152 valence electrons. The van der Waals surface area contributed by atoms with Crippen LogP contribution >= 0.6 is 11.3 Å². The molecule has 0 saturated heterocycles. The number of thiophene rings is 1. The van der Waals surface area contributed by atoms with E-state index in [4.69, 9.17) is 4.74 Å². The summed E-state index contributed by atoms with van der Waals surface area (Å²) in [5, 5.41) is 4.85. The van der Waals surface area contributed by atoms with Gasteiger partial charge < -0.3 is 10.1 Å². The maximum absolute atomic E-state index is 13.0. The Morgan fingerprint density at radius 3 is 2.45 bits per heavy atom. The number of para-hydroxylation sites is 2. The van der Waals surface area contributed by atoms with Gasteiger partial charge in [-0.2, -0.15) is 0 Å². The number of hydrogen-bond acceptors (Lipinski definition) is 5. The van der Waals surface area contributed by atoms with Crippen LogP contribution in [0.5, 0.6) is 5.75 Å². The fraction of sp³-hybridized carbons (Fsp3) is 0.190. The van der Waals surface area contributed by atoms with Crippen molar-refractivity contribution >= 4 is 33.0 Å². The molecule has 1 aromatic heterocycles. The summed E-state index contributed by atoms with van der Waals surface area (Å²) >= 11 is 1.65. The Balaban J connectivity index is 1.70. The summed E-state index contributed by atoms with van der Waals surface area (Å²) in [6, 6.07) is 16.8. The van der Waals surface area contributed by atoms with Gasteiger partial charge in [0.1, 0.15) is 5.75 Å². The maximum atomic E-state index is 13.0. The van der Waals surface area contributed by atoms with Gasteiger partial charge in [0, 0.05) is 24.0 Å². The van der Waals surface area contributed by atoms with E-state index in [1.165, 1.54) is 47.6 Å². The van der Waals surface area contributed by atoms with Crippen LogP contribution < -0.4 is 14.4 Å². The van der Waals surface area contributed by atoms with Crippen LogP contribution in [0.2, 0.25) is 0 Å². The van der Waals surface area contributed by atoms with Crippen LogP contribution in [0.4, 0.5) is 5.69 Å². The standard InChI is InChI=1S/C21H22N2O4S2/c1-23(19-7-3-4-8-20(19)27-2)29(25,26)18-11-9-16(10-12-18)21(24)22-14-13-17-6-5-15-28-17/h3-12,15H,13-14H2,1-2H3,(H,22,24). The van der Waals surface area contributed by atoms with Crippen LogP contribution in [-0.4, -0.2) is 35.0 Å². The van der Waals surface area contributed by atoms with Gasteiger partial charge in [0.05, 0.1) is 17.7 Å². The molecule has 8 heteroatoms. The monoisotopic (exact) mass is 430 g/mol. The van der Waals surface area contributed by atoms with E-state index in [1.54, 1.807) is 35.6 Å². The van der Waals surface area contributed by atoms with Crippen LogP contribution in [0, 0.1) is 0 Å². The number of nitrogens with zero attached hydrogens (tertiary/aromatic N) is 1. The highest BCUT2D eigenvalue weighted by molar-refractivity contribution is 7.92. The Kier molecular flexibility index (Phi) is 6.56. The Bertz CT molecular complexity index is 1060. The smallest absolute Gasteiger partial charge is 0.264 e. The highest BCUT2D eigenvalue weighted by Gasteiger charge is 2.23. The molecule has 0 radical (unpaired) electrons. The second-order valence-electron chi connectivity index (χ2n) is 6.25. The van der Waals surface area contributed by atoms with Crippen molar-refractivity contribution in [1.29, 1.82) is 0 Å². The number of ether oxygens (including phenoxy) is 1. The van der Waals surface area contributed by atoms with Crippen LogP contribution in [0.1, 0.15) is 15.2 Å².